The Labute approximate surface area is 190 Å². The minimum absolute atomic E-state index is 0.131. The van der Waals surface area contributed by atoms with E-state index in [1.54, 1.807) is 18.5 Å². The number of nitrogen functional groups attached to an aromatic ring is 1. The molecule has 0 fully saturated rings. The van der Waals surface area contributed by atoms with Gasteiger partial charge in [-0.3, -0.25) is 4.79 Å². The van der Waals surface area contributed by atoms with Crippen LogP contribution in [0.5, 0.6) is 0 Å². The van der Waals surface area contributed by atoms with Gasteiger partial charge >= 0.3 is 0 Å². The SMILES string of the molecule is CC#Cc1cccc2[nH]c([C@H](C)NC(=O)c3c(N)nn4cccnc34)[n+](-c3ccccc3)c12. The molecular formula is C25H22N7O+. The molecule has 0 saturated heterocycles. The number of carbonyl (C=O) groups excluding carboxylic acids is 1. The summed E-state index contributed by atoms with van der Waals surface area (Å²) in [7, 11) is 0. The maximum absolute atomic E-state index is 13.2. The number of imidazole rings is 1. The van der Waals surface area contributed by atoms with Crippen molar-refractivity contribution in [3.05, 3.63) is 83.9 Å². The maximum Gasteiger partial charge on any atom is 0.283 e. The topological polar surface area (TPSA) is 105 Å². The van der Waals surface area contributed by atoms with Gasteiger partial charge in [0.1, 0.15) is 17.3 Å². The number of aromatic amines is 1. The van der Waals surface area contributed by atoms with E-state index >= 15 is 0 Å². The van der Waals surface area contributed by atoms with Gasteiger partial charge in [0.05, 0.1) is 5.56 Å². The molecule has 162 valence electrons. The van der Waals surface area contributed by atoms with Crippen molar-refractivity contribution in [2.24, 2.45) is 0 Å². The Balaban J connectivity index is 1.62. The molecule has 5 aromatic rings. The van der Waals surface area contributed by atoms with E-state index in [-0.39, 0.29) is 23.3 Å². The summed E-state index contributed by atoms with van der Waals surface area (Å²) in [5, 5.41) is 7.24. The second-order valence-electron chi connectivity index (χ2n) is 7.60. The van der Waals surface area contributed by atoms with Crippen molar-refractivity contribution in [3.63, 3.8) is 0 Å². The largest absolute Gasteiger partial charge is 0.381 e. The third-order valence-corrected chi connectivity index (χ3v) is 5.44. The summed E-state index contributed by atoms with van der Waals surface area (Å²) >= 11 is 0. The van der Waals surface area contributed by atoms with Crippen LogP contribution >= 0.6 is 0 Å². The first-order valence-electron chi connectivity index (χ1n) is 10.5. The number of anilines is 1. The summed E-state index contributed by atoms with van der Waals surface area (Å²) in [5.74, 6) is 6.77. The molecular weight excluding hydrogens is 414 g/mol. The van der Waals surface area contributed by atoms with Gasteiger partial charge in [-0.05, 0) is 44.2 Å². The summed E-state index contributed by atoms with van der Waals surface area (Å²) in [6, 6.07) is 17.3. The minimum Gasteiger partial charge on any atom is -0.381 e. The zero-order valence-electron chi connectivity index (χ0n) is 18.2. The van der Waals surface area contributed by atoms with Gasteiger partial charge in [-0.25, -0.2) is 14.5 Å². The second kappa shape index (κ2) is 8.13. The average molecular weight is 436 g/mol. The molecule has 2 aromatic carbocycles. The fourth-order valence-electron chi connectivity index (χ4n) is 4.04. The number of fused-ring (bicyclic) bond motifs is 2. The fraction of sp³-hybridized carbons (Fsp3) is 0.120. The standard InChI is InChI=1S/C25H21N7O/c1-3-9-17-10-7-13-19-21(17)32(18-11-5-4-6-12-18)23(29-19)16(2)28-25(33)20-22(26)30-31-15-8-14-27-24(20)31/h4-8,10-16H,1-2H3,(H3,26,28,30,33)/p+1/t16-/m0/s1. The normalized spacial score (nSPS) is 11.8. The highest BCUT2D eigenvalue weighted by Gasteiger charge is 2.29. The molecule has 8 heteroatoms. The molecule has 0 spiro atoms. The maximum atomic E-state index is 13.2. The third-order valence-electron chi connectivity index (χ3n) is 5.44. The van der Waals surface area contributed by atoms with Crippen LogP contribution in [0.1, 0.15) is 41.6 Å². The Morgan fingerprint density at radius 3 is 2.79 bits per heavy atom. The first kappa shape index (κ1) is 20.3. The minimum atomic E-state index is -0.384. The first-order chi connectivity index (χ1) is 16.1. The van der Waals surface area contributed by atoms with Crippen molar-refractivity contribution in [2.45, 2.75) is 19.9 Å². The van der Waals surface area contributed by atoms with Crippen molar-refractivity contribution in [2.75, 3.05) is 5.73 Å². The Morgan fingerprint density at radius 1 is 1.18 bits per heavy atom. The highest BCUT2D eigenvalue weighted by Crippen LogP contribution is 2.22. The number of hydrogen-bond donors (Lipinski definition) is 3. The average Bonchev–Trinajstić information content (AvgIpc) is 3.38. The lowest BCUT2D eigenvalue weighted by Gasteiger charge is -2.11. The number of para-hydroxylation sites is 2. The van der Waals surface area contributed by atoms with Crippen molar-refractivity contribution in [1.82, 2.24) is 24.9 Å². The van der Waals surface area contributed by atoms with E-state index in [2.05, 4.69) is 36.8 Å². The Kier molecular flexibility index (Phi) is 4.99. The van der Waals surface area contributed by atoms with Crippen molar-refractivity contribution in [3.8, 4) is 17.5 Å². The number of H-pyrrole nitrogens is 1. The van der Waals surface area contributed by atoms with E-state index in [1.165, 1.54) is 4.52 Å². The van der Waals surface area contributed by atoms with Gasteiger partial charge in [0.25, 0.3) is 11.7 Å². The molecule has 3 heterocycles. The second-order valence-corrected chi connectivity index (χ2v) is 7.60. The highest BCUT2D eigenvalue weighted by atomic mass is 16.1. The van der Waals surface area contributed by atoms with Gasteiger partial charge in [0, 0.05) is 12.4 Å². The van der Waals surface area contributed by atoms with E-state index in [1.807, 2.05) is 62.4 Å². The van der Waals surface area contributed by atoms with Gasteiger partial charge in [0.15, 0.2) is 22.5 Å². The van der Waals surface area contributed by atoms with E-state index < -0.39 is 0 Å². The van der Waals surface area contributed by atoms with E-state index in [9.17, 15) is 4.79 Å². The summed E-state index contributed by atoms with van der Waals surface area (Å²) in [5.41, 5.74) is 10.4. The van der Waals surface area contributed by atoms with Crippen LogP contribution in [0.3, 0.4) is 0 Å². The number of nitrogens with one attached hydrogen (secondary N) is 2. The molecule has 1 atom stereocenters. The monoisotopic (exact) mass is 436 g/mol. The van der Waals surface area contributed by atoms with Crippen LogP contribution in [0.2, 0.25) is 0 Å². The molecule has 1 amide bonds. The van der Waals surface area contributed by atoms with Crippen LogP contribution in [-0.4, -0.2) is 25.5 Å². The lowest BCUT2D eigenvalue weighted by Crippen LogP contribution is -2.40. The molecule has 3 aromatic heterocycles. The Hall–Kier alpha value is -4.64. The van der Waals surface area contributed by atoms with Crippen LogP contribution in [0.15, 0.2) is 67.0 Å². The number of hydrogen-bond acceptors (Lipinski definition) is 4. The van der Waals surface area contributed by atoms with E-state index in [0.29, 0.717) is 5.65 Å². The van der Waals surface area contributed by atoms with E-state index in [0.717, 1.165) is 28.1 Å². The Bertz CT molecular complexity index is 1550. The van der Waals surface area contributed by atoms with Gasteiger partial charge in [-0.15, -0.1) is 11.0 Å². The van der Waals surface area contributed by atoms with Gasteiger partial charge in [0.2, 0.25) is 0 Å². The number of rotatable bonds is 4. The number of aromatic nitrogens is 5. The molecule has 4 N–H and O–H groups in total. The van der Waals surface area contributed by atoms with Gasteiger partial charge in [-0.2, -0.15) is 4.57 Å². The number of amides is 1. The lowest BCUT2D eigenvalue weighted by molar-refractivity contribution is -0.578. The highest BCUT2D eigenvalue weighted by molar-refractivity contribution is 6.04. The molecule has 33 heavy (non-hydrogen) atoms. The number of nitrogens with zero attached hydrogens (tertiary/aromatic N) is 4. The quantitative estimate of drug-likeness (QED) is 0.298. The number of nitrogens with two attached hydrogens (primary N) is 1. The van der Waals surface area contributed by atoms with Crippen LogP contribution in [-0.2, 0) is 0 Å². The summed E-state index contributed by atoms with van der Waals surface area (Å²) in [4.78, 5) is 21.0. The van der Waals surface area contributed by atoms with Crippen LogP contribution in [0.4, 0.5) is 5.82 Å². The molecule has 0 saturated carbocycles. The van der Waals surface area contributed by atoms with Crippen molar-refractivity contribution in [1.29, 1.82) is 0 Å². The van der Waals surface area contributed by atoms with Gasteiger partial charge < -0.3 is 11.1 Å². The number of benzene rings is 2. The van der Waals surface area contributed by atoms with Crippen molar-refractivity contribution < 1.29 is 9.36 Å². The van der Waals surface area contributed by atoms with Crippen molar-refractivity contribution >= 4 is 28.4 Å². The summed E-state index contributed by atoms with van der Waals surface area (Å²) < 4.78 is 3.59. The smallest absolute Gasteiger partial charge is 0.283 e. The molecule has 0 aliphatic carbocycles. The molecule has 0 radical (unpaired) electrons. The number of carbonyl (C=O) groups is 1. The molecule has 8 nitrogen and oxygen atoms in total. The third kappa shape index (κ3) is 3.46. The molecule has 5 rings (SSSR count). The van der Waals surface area contributed by atoms with Crippen LogP contribution in [0.25, 0.3) is 22.4 Å². The molecule has 0 aliphatic rings. The molecule has 0 bridgehead atoms. The summed E-state index contributed by atoms with van der Waals surface area (Å²) in [6.07, 6.45) is 3.31. The zero-order chi connectivity index (χ0) is 22.9. The lowest BCUT2D eigenvalue weighted by atomic mass is 10.1. The molecule has 0 unspecified atom stereocenters. The van der Waals surface area contributed by atoms with E-state index in [4.69, 9.17) is 5.73 Å². The Morgan fingerprint density at radius 2 is 2.00 bits per heavy atom. The van der Waals surface area contributed by atoms with Crippen LogP contribution < -0.4 is 15.6 Å². The zero-order valence-corrected chi connectivity index (χ0v) is 18.2. The predicted octanol–water partition coefficient (Wildman–Crippen LogP) is 2.93. The van der Waals surface area contributed by atoms with Crippen LogP contribution in [0, 0.1) is 11.8 Å². The first-order valence-corrected chi connectivity index (χ1v) is 10.5. The predicted molar refractivity (Wildman–Crippen MR) is 126 cm³/mol. The molecule has 0 aliphatic heterocycles. The fourth-order valence-corrected chi connectivity index (χ4v) is 4.04. The summed E-state index contributed by atoms with van der Waals surface area (Å²) in [6.45, 7) is 3.74. The van der Waals surface area contributed by atoms with Gasteiger partial charge in [-0.1, -0.05) is 30.2 Å².